The van der Waals surface area contributed by atoms with E-state index in [2.05, 4.69) is 0 Å². The molecule has 2 aliphatic rings. The Morgan fingerprint density at radius 3 is 2.43 bits per heavy atom. The first-order valence-electron chi connectivity index (χ1n) is 7.41. The molecule has 2 heterocycles. The fraction of sp³-hybridized carbons (Fsp3) is 0.625. The second-order valence-corrected chi connectivity index (χ2v) is 8.00. The van der Waals surface area contributed by atoms with E-state index in [1.165, 1.54) is 0 Å². The van der Waals surface area contributed by atoms with E-state index in [0.29, 0.717) is 24.3 Å². The predicted octanol–water partition coefficient (Wildman–Crippen LogP) is 2.36. The molecule has 1 aromatic rings. The van der Waals surface area contributed by atoms with Gasteiger partial charge < -0.3 is 14.6 Å². The standard InChI is InChI=1S/C16H22O4S/c1-19-11-6-7-14(15(8-11)20-2)16(17)9-12-4-3-5-13(10-16)21(12)18/h6-8,12-13,17H,3-5,9-10H2,1-2H3. The molecule has 2 bridgehead atoms. The van der Waals surface area contributed by atoms with E-state index in [-0.39, 0.29) is 10.5 Å². The van der Waals surface area contributed by atoms with Crippen LogP contribution < -0.4 is 9.47 Å². The number of methoxy groups -OCH3 is 2. The van der Waals surface area contributed by atoms with Gasteiger partial charge in [0.05, 0.1) is 19.8 Å². The third-order valence-electron chi connectivity index (χ3n) is 4.75. The number of hydrogen-bond acceptors (Lipinski definition) is 4. The molecule has 116 valence electrons. The van der Waals surface area contributed by atoms with Crippen molar-refractivity contribution in [2.24, 2.45) is 0 Å². The van der Waals surface area contributed by atoms with Crippen LogP contribution in [0.1, 0.15) is 37.7 Å². The van der Waals surface area contributed by atoms with Crippen molar-refractivity contribution < 1.29 is 18.8 Å². The molecule has 2 atom stereocenters. The molecule has 2 aliphatic heterocycles. The van der Waals surface area contributed by atoms with Gasteiger partial charge >= 0.3 is 0 Å². The molecular weight excluding hydrogens is 288 g/mol. The summed E-state index contributed by atoms with van der Waals surface area (Å²) in [5, 5.41) is 11.4. The van der Waals surface area contributed by atoms with Crippen LogP contribution in [0, 0.1) is 0 Å². The minimum absolute atomic E-state index is 0.106. The summed E-state index contributed by atoms with van der Waals surface area (Å²) in [5.41, 5.74) is -0.152. The zero-order chi connectivity index (χ0) is 15.0. The Morgan fingerprint density at radius 1 is 1.19 bits per heavy atom. The fourth-order valence-electron chi connectivity index (χ4n) is 3.69. The second-order valence-electron chi connectivity index (χ2n) is 6.01. The summed E-state index contributed by atoms with van der Waals surface area (Å²) in [6.45, 7) is 0. The summed E-state index contributed by atoms with van der Waals surface area (Å²) < 4.78 is 23.0. The van der Waals surface area contributed by atoms with Gasteiger partial charge in [-0.1, -0.05) is 6.42 Å². The third-order valence-corrected chi connectivity index (χ3v) is 6.87. The van der Waals surface area contributed by atoms with Crippen molar-refractivity contribution in [3.63, 3.8) is 0 Å². The Labute approximate surface area is 127 Å². The van der Waals surface area contributed by atoms with Gasteiger partial charge in [-0.25, -0.2) is 0 Å². The van der Waals surface area contributed by atoms with Crippen LogP contribution in [0.15, 0.2) is 18.2 Å². The molecule has 2 fully saturated rings. The van der Waals surface area contributed by atoms with Crippen LogP contribution in [-0.2, 0) is 16.4 Å². The maximum Gasteiger partial charge on any atom is 0.128 e. The summed E-state index contributed by atoms with van der Waals surface area (Å²) in [7, 11) is 2.41. The van der Waals surface area contributed by atoms with E-state index in [0.717, 1.165) is 24.8 Å². The lowest BCUT2D eigenvalue weighted by Crippen LogP contribution is -2.47. The molecule has 0 spiro atoms. The molecule has 3 rings (SSSR count). The summed E-state index contributed by atoms with van der Waals surface area (Å²) >= 11 is 0. The highest BCUT2D eigenvalue weighted by Crippen LogP contribution is 2.47. The van der Waals surface area contributed by atoms with E-state index in [9.17, 15) is 9.32 Å². The minimum Gasteiger partial charge on any atom is -0.497 e. The number of hydrogen-bond donors (Lipinski definition) is 1. The van der Waals surface area contributed by atoms with Crippen molar-refractivity contribution in [1.82, 2.24) is 0 Å². The van der Waals surface area contributed by atoms with Gasteiger partial charge in [0, 0.05) is 32.9 Å². The van der Waals surface area contributed by atoms with Gasteiger partial charge in [-0.2, -0.15) is 0 Å². The highest BCUT2D eigenvalue weighted by atomic mass is 32.2. The number of fused-ring (bicyclic) bond motifs is 2. The van der Waals surface area contributed by atoms with Crippen LogP contribution in [-0.4, -0.2) is 34.0 Å². The first-order chi connectivity index (χ1) is 10.1. The second kappa shape index (κ2) is 5.61. The van der Waals surface area contributed by atoms with Crippen molar-refractivity contribution in [3.8, 4) is 11.5 Å². The summed E-state index contributed by atoms with van der Waals surface area (Å²) in [4.78, 5) is 0. The fourth-order valence-corrected chi connectivity index (χ4v) is 5.91. The molecule has 5 heteroatoms. The molecule has 1 aromatic carbocycles. The maximum absolute atomic E-state index is 12.3. The topological polar surface area (TPSA) is 55.8 Å². The molecule has 1 N–H and O–H groups in total. The van der Waals surface area contributed by atoms with Crippen LogP contribution in [0.3, 0.4) is 0 Å². The minimum atomic E-state index is -0.943. The SMILES string of the molecule is COc1ccc(C2(O)CC3CCCC(C2)S3=O)c(OC)c1. The lowest BCUT2D eigenvalue weighted by atomic mass is 9.80. The molecule has 0 aromatic heterocycles. The van der Waals surface area contributed by atoms with Gasteiger partial charge in [0.25, 0.3) is 0 Å². The Hall–Kier alpha value is -1.07. The predicted molar refractivity (Wildman–Crippen MR) is 82.2 cm³/mol. The summed E-state index contributed by atoms with van der Waals surface area (Å²) in [5.74, 6) is 1.35. The quantitative estimate of drug-likeness (QED) is 0.931. The van der Waals surface area contributed by atoms with Crippen molar-refractivity contribution in [3.05, 3.63) is 23.8 Å². The Balaban J connectivity index is 1.97. The van der Waals surface area contributed by atoms with Crippen LogP contribution in [0.25, 0.3) is 0 Å². The molecule has 2 unspecified atom stereocenters. The number of aliphatic hydroxyl groups is 1. The Kier molecular flexibility index (Phi) is 3.97. The number of rotatable bonds is 3. The van der Waals surface area contributed by atoms with Crippen molar-refractivity contribution in [1.29, 1.82) is 0 Å². The highest BCUT2D eigenvalue weighted by molar-refractivity contribution is 7.86. The number of ether oxygens (including phenoxy) is 2. The van der Waals surface area contributed by atoms with Crippen LogP contribution >= 0.6 is 0 Å². The lowest BCUT2D eigenvalue weighted by Gasteiger charge is -2.44. The van der Waals surface area contributed by atoms with Crippen LogP contribution in [0.4, 0.5) is 0 Å². The van der Waals surface area contributed by atoms with Gasteiger partial charge in [-0.3, -0.25) is 4.21 Å². The van der Waals surface area contributed by atoms with Gasteiger partial charge in [-0.05, 0) is 37.8 Å². The zero-order valence-corrected chi connectivity index (χ0v) is 13.3. The smallest absolute Gasteiger partial charge is 0.128 e. The van der Waals surface area contributed by atoms with E-state index in [1.54, 1.807) is 20.3 Å². The van der Waals surface area contributed by atoms with Gasteiger partial charge in [0.2, 0.25) is 0 Å². The zero-order valence-electron chi connectivity index (χ0n) is 12.5. The van der Waals surface area contributed by atoms with Gasteiger partial charge in [0.15, 0.2) is 0 Å². The molecule has 0 saturated carbocycles. The molecule has 21 heavy (non-hydrogen) atoms. The van der Waals surface area contributed by atoms with Crippen LogP contribution in [0.5, 0.6) is 11.5 Å². The molecule has 0 aliphatic carbocycles. The monoisotopic (exact) mass is 310 g/mol. The van der Waals surface area contributed by atoms with Crippen molar-refractivity contribution in [2.75, 3.05) is 14.2 Å². The van der Waals surface area contributed by atoms with Crippen molar-refractivity contribution >= 4 is 10.8 Å². The van der Waals surface area contributed by atoms with E-state index >= 15 is 0 Å². The largest absolute Gasteiger partial charge is 0.497 e. The van der Waals surface area contributed by atoms with Crippen LogP contribution in [0.2, 0.25) is 0 Å². The van der Waals surface area contributed by atoms with Crippen molar-refractivity contribution in [2.45, 2.75) is 48.2 Å². The van der Waals surface area contributed by atoms with Gasteiger partial charge in [0.1, 0.15) is 11.5 Å². The van der Waals surface area contributed by atoms with E-state index in [4.69, 9.17) is 9.47 Å². The average molecular weight is 310 g/mol. The molecule has 2 saturated heterocycles. The average Bonchev–Trinajstić information content (AvgIpc) is 2.48. The third kappa shape index (κ3) is 2.57. The molecular formula is C16H22O4S. The highest BCUT2D eigenvalue weighted by Gasteiger charge is 2.47. The van der Waals surface area contributed by atoms with E-state index < -0.39 is 16.4 Å². The molecule has 0 radical (unpaired) electrons. The van der Waals surface area contributed by atoms with E-state index in [1.807, 2.05) is 12.1 Å². The number of benzene rings is 1. The normalized spacial score (nSPS) is 35.3. The maximum atomic E-state index is 12.3. The first-order valence-corrected chi connectivity index (χ1v) is 8.69. The summed E-state index contributed by atoms with van der Waals surface area (Å²) in [6, 6.07) is 5.52. The molecule has 0 amide bonds. The first kappa shape index (κ1) is 14.9. The Bertz CT molecular complexity index is 541. The molecule has 4 nitrogen and oxygen atoms in total. The van der Waals surface area contributed by atoms with Gasteiger partial charge in [-0.15, -0.1) is 0 Å². The summed E-state index contributed by atoms with van der Waals surface area (Å²) in [6.07, 6.45) is 4.13. The lowest BCUT2D eigenvalue weighted by molar-refractivity contribution is 0.00449. The Morgan fingerprint density at radius 2 is 1.86 bits per heavy atom.